The lowest BCUT2D eigenvalue weighted by Crippen LogP contribution is -2.33. The van der Waals surface area contributed by atoms with E-state index >= 15 is 0 Å². The van der Waals surface area contributed by atoms with Crippen LogP contribution in [0.1, 0.15) is 5.56 Å². The highest BCUT2D eigenvalue weighted by molar-refractivity contribution is 5.70. The van der Waals surface area contributed by atoms with Crippen LogP contribution in [0.3, 0.4) is 0 Å². The van der Waals surface area contributed by atoms with E-state index in [-0.39, 0.29) is 0 Å². The minimum Gasteiger partial charge on any atom is -0.382 e. The summed E-state index contributed by atoms with van der Waals surface area (Å²) in [4.78, 5) is 6.58. The van der Waals surface area contributed by atoms with Crippen molar-refractivity contribution in [3.8, 4) is 0 Å². The highest BCUT2D eigenvalue weighted by atomic mass is 15.2. The number of pyridine rings is 1. The third kappa shape index (κ3) is 2.09. The SMILES string of the molecule is c1ccc(CN2CCNc3ccncc32)cc1. The smallest absolute Gasteiger partial charge is 0.0791 e. The summed E-state index contributed by atoms with van der Waals surface area (Å²) in [6.07, 6.45) is 3.77. The lowest BCUT2D eigenvalue weighted by atomic mass is 10.1. The van der Waals surface area contributed by atoms with Crippen molar-refractivity contribution in [1.29, 1.82) is 0 Å². The number of hydrogen-bond donors (Lipinski definition) is 1. The molecular weight excluding hydrogens is 210 g/mol. The molecule has 1 aromatic carbocycles. The second-order valence-electron chi connectivity index (χ2n) is 4.23. The minimum absolute atomic E-state index is 0.946. The van der Waals surface area contributed by atoms with Crippen molar-refractivity contribution < 1.29 is 0 Å². The van der Waals surface area contributed by atoms with Crippen molar-refractivity contribution in [2.45, 2.75) is 6.54 Å². The highest BCUT2D eigenvalue weighted by Crippen LogP contribution is 2.28. The molecule has 0 amide bonds. The zero-order valence-corrected chi connectivity index (χ0v) is 9.63. The van der Waals surface area contributed by atoms with E-state index in [2.05, 4.69) is 45.5 Å². The van der Waals surface area contributed by atoms with Gasteiger partial charge in [0.15, 0.2) is 0 Å². The molecule has 0 aliphatic carbocycles. The molecule has 1 N–H and O–H groups in total. The van der Waals surface area contributed by atoms with Crippen molar-refractivity contribution in [1.82, 2.24) is 4.98 Å². The van der Waals surface area contributed by atoms with E-state index in [0.717, 1.165) is 19.6 Å². The lowest BCUT2D eigenvalue weighted by molar-refractivity contribution is 0.784. The number of fused-ring (bicyclic) bond motifs is 1. The molecule has 0 saturated carbocycles. The average molecular weight is 225 g/mol. The number of aromatic nitrogens is 1. The Hall–Kier alpha value is -2.03. The van der Waals surface area contributed by atoms with Gasteiger partial charge in [-0.2, -0.15) is 0 Å². The van der Waals surface area contributed by atoms with Gasteiger partial charge < -0.3 is 10.2 Å². The van der Waals surface area contributed by atoms with Crippen molar-refractivity contribution >= 4 is 11.4 Å². The van der Waals surface area contributed by atoms with E-state index in [0.29, 0.717) is 0 Å². The van der Waals surface area contributed by atoms with Gasteiger partial charge in [0.2, 0.25) is 0 Å². The van der Waals surface area contributed by atoms with Gasteiger partial charge in [-0.15, -0.1) is 0 Å². The maximum atomic E-state index is 4.21. The van der Waals surface area contributed by atoms with Gasteiger partial charge in [0.25, 0.3) is 0 Å². The number of anilines is 2. The molecule has 3 rings (SSSR count). The Morgan fingerprint density at radius 1 is 1.18 bits per heavy atom. The van der Waals surface area contributed by atoms with Gasteiger partial charge >= 0.3 is 0 Å². The first kappa shape index (κ1) is 10.1. The molecule has 0 radical (unpaired) electrons. The summed E-state index contributed by atoms with van der Waals surface area (Å²) in [6.45, 7) is 2.96. The first-order valence-electron chi connectivity index (χ1n) is 5.90. The number of hydrogen-bond acceptors (Lipinski definition) is 3. The zero-order chi connectivity index (χ0) is 11.5. The van der Waals surface area contributed by atoms with Crippen molar-refractivity contribution in [3.05, 3.63) is 54.4 Å². The molecule has 0 bridgehead atoms. The largest absolute Gasteiger partial charge is 0.382 e. The van der Waals surface area contributed by atoms with Gasteiger partial charge in [-0.05, 0) is 11.6 Å². The van der Waals surface area contributed by atoms with Crippen LogP contribution in [-0.4, -0.2) is 18.1 Å². The van der Waals surface area contributed by atoms with Gasteiger partial charge in [-0.1, -0.05) is 30.3 Å². The van der Waals surface area contributed by atoms with Crippen LogP contribution in [0.2, 0.25) is 0 Å². The number of benzene rings is 1. The van der Waals surface area contributed by atoms with E-state index < -0.39 is 0 Å². The second kappa shape index (κ2) is 4.45. The summed E-state index contributed by atoms with van der Waals surface area (Å²) < 4.78 is 0. The quantitative estimate of drug-likeness (QED) is 0.851. The summed E-state index contributed by atoms with van der Waals surface area (Å²) in [5.74, 6) is 0. The molecule has 1 aromatic heterocycles. The standard InChI is InChI=1S/C14H15N3/c1-2-4-12(5-3-1)11-17-9-8-16-13-6-7-15-10-14(13)17/h1-7,10,16H,8-9,11H2. The molecule has 1 aliphatic rings. The molecular formula is C14H15N3. The third-order valence-electron chi connectivity index (χ3n) is 3.05. The van der Waals surface area contributed by atoms with E-state index in [9.17, 15) is 0 Å². The van der Waals surface area contributed by atoms with Crippen LogP contribution in [-0.2, 0) is 6.54 Å². The van der Waals surface area contributed by atoms with Crippen LogP contribution in [0.25, 0.3) is 0 Å². The number of nitrogens with one attached hydrogen (secondary N) is 1. The highest BCUT2D eigenvalue weighted by Gasteiger charge is 2.15. The van der Waals surface area contributed by atoms with E-state index in [4.69, 9.17) is 0 Å². The fourth-order valence-corrected chi connectivity index (χ4v) is 2.20. The molecule has 86 valence electrons. The molecule has 1 aliphatic heterocycles. The fourth-order valence-electron chi connectivity index (χ4n) is 2.20. The van der Waals surface area contributed by atoms with Crippen LogP contribution in [0.4, 0.5) is 11.4 Å². The normalized spacial score (nSPS) is 14.0. The molecule has 0 saturated heterocycles. The van der Waals surface area contributed by atoms with Gasteiger partial charge in [0.05, 0.1) is 17.6 Å². The number of rotatable bonds is 2. The van der Waals surface area contributed by atoms with Crippen molar-refractivity contribution in [3.63, 3.8) is 0 Å². The van der Waals surface area contributed by atoms with Gasteiger partial charge in [0, 0.05) is 25.8 Å². The maximum absolute atomic E-state index is 4.21. The third-order valence-corrected chi connectivity index (χ3v) is 3.05. The minimum atomic E-state index is 0.946. The summed E-state index contributed by atoms with van der Waals surface area (Å²) in [6, 6.07) is 12.6. The number of nitrogens with zero attached hydrogens (tertiary/aromatic N) is 2. The van der Waals surface area contributed by atoms with Crippen LogP contribution >= 0.6 is 0 Å². The first-order valence-corrected chi connectivity index (χ1v) is 5.90. The zero-order valence-electron chi connectivity index (χ0n) is 9.63. The monoisotopic (exact) mass is 225 g/mol. The Morgan fingerprint density at radius 2 is 2.06 bits per heavy atom. The summed E-state index contributed by atoms with van der Waals surface area (Å²) >= 11 is 0. The Labute approximate surface area is 101 Å². The second-order valence-corrected chi connectivity index (χ2v) is 4.23. The fraction of sp³-hybridized carbons (Fsp3) is 0.214. The predicted molar refractivity (Wildman–Crippen MR) is 70.2 cm³/mol. The molecule has 2 heterocycles. The Bertz CT molecular complexity index is 496. The Morgan fingerprint density at radius 3 is 2.94 bits per heavy atom. The lowest BCUT2D eigenvalue weighted by Gasteiger charge is -2.31. The first-order chi connectivity index (χ1) is 8.43. The average Bonchev–Trinajstić information content (AvgIpc) is 2.40. The predicted octanol–water partition coefficient (Wildman–Crippen LogP) is 2.51. The van der Waals surface area contributed by atoms with Crippen LogP contribution in [0.5, 0.6) is 0 Å². The van der Waals surface area contributed by atoms with Crippen LogP contribution < -0.4 is 10.2 Å². The van der Waals surface area contributed by atoms with E-state index in [1.807, 2.05) is 18.5 Å². The van der Waals surface area contributed by atoms with Gasteiger partial charge in [-0.3, -0.25) is 4.98 Å². The van der Waals surface area contributed by atoms with E-state index in [1.54, 1.807) is 0 Å². The molecule has 0 spiro atoms. The summed E-state index contributed by atoms with van der Waals surface area (Å²) in [5, 5.41) is 3.40. The molecule has 0 fully saturated rings. The topological polar surface area (TPSA) is 28.2 Å². The summed E-state index contributed by atoms with van der Waals surface area (Å²) in [5.41, 5.74) is 3.72. The summed E-state index contributed by atoms with van der Waals surface area (Å²) in [7, 11) is 0. The van der Waals surface area contributed by atoms with E-state index in [1.165, 1.54) is 16.9 Å². The molecule has 3 nitrogen and oxygen atoms in total. The van der Waals surface area contributed by atoms with Crippen LogP contribution in [0.15, 0.2) is 48.8 Å². The maximum Gasteiger partial charge on any atom is 0.0791 e. The Kier molecular flexibility index (Phi) is 2.66. The molecule has 0 unspecified atom stereocenters. The molecule has 17 heavy (non-hydrogen) atoms. The molecule has 3 heteroatoms. The van der Waals surface area contributed by atoms with Gasteiger partial charge in [-0.25, -0.2) is 0 Å². The molecule has 2 aromatic rings. The molecule has 0 atom stereocenters. The Balaban J connectivity index is 1.86. The van der Waals surface area contributed by atoms with Crippen molar-refractivity contribution in [2.75, 3.05) is 23.3 Å². The van der Waals surface area contributed by atoms with Crippen molar-refractivity contribution in [2.24, 2.45) is 0 Å². The van der Waals surface area contributed by atoms with Gasteiger partial charge in [0.1, 0.15) is 0 Å². The van der Waals surface area contributed by atoms with Crippen LogP contribution in [0, 0.1) is 0 Å².